The highest BCUT2D eigenvalue weighted by molar-refractivity contribution is 6.24. The van der Waals surface area contributed by atoms with Gasteiger partial charge in [-0.2, -0.15) is 0 Å². The summed E-state index contributed by atoms with van der Waals surface area (Å²) in [5.74, 6) is 0.436. The number of carbonyl (C=O) groups is 3. The summed E-state index contributed by atoms with van der Waals surface area (Å²) in [5.41, 5.74) is 4.34. The molecule has 222 valence electrons. The predicted molar refractivity (Wildman–Crippen MR) is 167 cm³/mol. The lowest BCUT2D eigenvalue weighted by Crippen LogP contribution is -2.44. The highest BCUT2D eigenvalue weighted by atomic mass is 16.5. The zero-order chi connectivity index (χ0) is 30.1. The molecule has 4 aromatic rings. The van der Waals surface area contributed by atoms with Gasteiger partial charge in [0.1, 0.15) is 17.8 Å². The summed E-state index contributed by atoms with van der Waals surface area (Å²) >= 11 is 0. The van der Waals surface area contributed by atoms with Gasteiger partial charge in [0, 0.05) is 29.6 Å². The van der Waals surface area contributed by atoms with Crippen LogP contribution in [0.2, 0.25) is 0 Å². The zero-order valence-corrected chi connectivity index (χ0v) is 24.9. The molecule has 0 radical (unpaired) electrons. The number of fused-ring (bicyclic) bond motifs is 4. The number of nitrogens with zero attached hydrogens (tertiary/aromatic N) is 2. The third kappa shape index (κ3) is 5.05. The Morgan fingerprint density at radius 2 is 1.84 bits per heavy atom. The lowest BCUT2D eigenvalue weighted by Gasteiger charge is -2.36. The quantitative estimate of drug-likeness (QED) is 0.207. The average Bonchev–Trinajstić information content (AvgIpc) is 3.53. The van der Waals surface area contributed by atoms with Crippen molar-refractivity contribution in [1.29, 1.82) is 0 Å². The Morgan fingerprint density at radius 3 is 2.63 bits per heavy atom. The number of hydrogen-bond donors (Lipinski definition) is 2. The molecule has 2 aliphatic rings. The van der Waals surface area contributed by atoms with Gasteiger partial charge in [-0.15, -0.1) is 0 Å². The van der Waals surface area contributed by atoms with Gasteiger partial charge in [0.2, 0.25) is 0 Å². The van der Waals surface area contributed by atoms with Crippen molar-refractivity contribution in [3.05, 3.63) is 95.2 Å². The number of nitrogens with one attached hydrogen (secondary N) is 2. The maximum absolute atomic E-state index is 14.4. The minimum atomic E-state index is -0.718. The van der Waals surface area contributed by atoms with Gasteiger partial charge in [-0.05, 0) is 53.8 Å². The summed E-state index contributed by atoms with van der Waals surface area (Å²) in [6, 6.07) is 20.8. The molecular formula is C35H38N4O4. The van der Waals surface area contributed by atoms with Gasteiger partial charge in [-0.1, -0.05) is 75.6 Å². The van der Waals surface area contributed by atoms with Gasteiger partial charge in [-0.3, -0.25) is 14.5 Å². The molecule has 8 heteroatoms. The molecule has 8 nitrogen and oxygen atoms in total. The second-order valence-electron chi connectivity index (χ2n) is 11.5. The number of para-hydroxylation sites is 2. The van der Waals surface area contributed by atoms with Crippen LogP contribution < -0.4 is 15.0 Å². The Hall–Kier alpha value is -4.59. The van der Waals surface area contributed by atoms with Crippen LogP contribution in [0.5, 0.6) is 5.75 Å². The van der Waals surface area contributed by atoms with E-state index in [2.05, 4.69) is 24.1 Å². The van der Waals surface area contributed by atoms with E-state index < -0.39 is 18.1 Å². The summed E-state index contributed by atoms with van der Waals surface area (Å²) in [4.78, 5) is 48.5. The van der Waals surface area contributed by atoms with Crippen molar-refractivity contribution in [2.75, 3.05) is 18.6 Å². The van der Waals surface area contributed by atoms with E-state index in [0.29, 0.717) is 35.9 Å². The fraction of sp³-hybridized carbons (Fsp3) is 0.343. The van der Waals surface area contributed by atoms with Crippen LogP contribution >= 0.6 is 0 Å². The second kappa shape index (κ2) is 12.0. The number of hydrogen-bond acceptors (Lipinski definition) is 4. The maximum atomic E-state index is 14.4. The van der Waals surface area contributed by atoms with Crippen LogP contribution in [0, 0.1) is 5.92 Å². The molecule has 0 spiro atoms. The molecule has 2 N–H and O–H groups in total. The fourth-order valence-corrected chi connectivity index (χ4v) is 6.59. The Morgan fingerprint density at radius 1 is 1.05 bits per heavy atom. The first-order chi connectivity index (χ1) is 21.0. The summed E-state index contributed by atoms with van der Waals surface area (Å²) in [5, 5.41) is 4.11. The van der Waals surface area contributed by atoms with Gasteiger partial charge in [0.05, 0.1) is 18.4 Å². The molecule has 0 bridgehead atoms. The SMILES string of the molecule is CCCC[C@H](CC)CNC(=O)c1ccccc1N1C(=O)[C@@H]2Cc3c([nH]c4ccccc34)[C@@H](c3cccc(OC)c3)N2C1=O. The van der Waals surface area contributed by atoms with Crippen LogP contribution in [-0.4, -0.2) is 47.4 Å². The molecule has 0 saturated carbocycles. The lowest BCUT2D eigenvalue weighted by atomic mass is 9.89. The van der Waals surface area contributed by atoms with Gasteiger partial charge in [-0.25, -0.2) is 9.69 Å². The number of aromatic amines is 1. The van der Waals surface area contributed by atoms with Crippen LogP contribution in [0.1, 0.15) is 72.8 Å². The van der Waals surface area contributed by atoms with Crippen molar-refractivity contribution >= 4 is 34.4 Å². The Bertz CT molecular complexity index is 1680. The Labute approximate surface area is 252 Å². The zero-order valence-electron chi connectivity index (χ0n) is 24.9. The summed E-state index contributed by atoms with van der Waals surface area (Å²) in [6.45, 7) is 4.85. The Kier molecular flexibility index (Phi) is 7.93. The Balaban J connectivity index is 1.38. The molecule has 2 aliphatic heterocycles. The minimum Gasteiger partial charge on any atom is -0.497 e. The number of ether oxygens (including phenoxy) is 1. The highest BCUT2D eigenvalue weighted by Gasteiger charge is 2.53. The van der Waals surface area contributed by atoms with E-state index in [0.717, 1.165) is 53.4 Å². The van der Waals surface area contributed by atoms with Crippen LogP contribution in [0.25, 0.3) is 10.9 Å². The number of H-pyrrole nitrogens is 1. The van der Waals surface area contributed by atoms with Crippen LogP contribution in [0.4, 0.5) is 10.5 Å². The van der Waals surface area contributed by atoms with Crippen molar-refractivity contribution in [1.82, 2.24) is 15.2 Å². The van der Waals surface area contributed by atoms with Crippen LogP contribution in [0.15, 0.2) is 72.8 Å². The third-order valence-corrected chi connectivity index (χ3v) is 8.94. The standard InChI is InChI=1S/C35H38N4O4/c1-4-6-12-22(5-2)21-36-33(40)26-16-8-10-18-29(26)39-34(41)30-20-27-25-15-7-9-17-28(25)37-31(27)32(38(30)35(39)42)23-13-11-14-24(19-23)43-3/h7-11,13-19,22,30,32,37H,4-6,12,20-21H2,1-3H3,(H,36,40)/t22-,30-,32+/m0/s1. The van der Waals surface area contributed by atoms with Crippen LogP contribution in [0.3, 0.4) is 0 Å². The molecule has 4 amide bonds. The van der Waals surface area contributed by atoms with Gasteiger partial charge >= 0.3 is 6.03 Å². The van der Waals surface area contributed by atoms with Crippen molar-refractivity contribution in [2.45, 2.75) is 58.0 Å². The monoisotopic (exact) mass is 578 g/mol. The maximum Gasteiger partial charge on any atom is 0.332 e. The topological polar surface area (TPSA) is 94.7 Å². The van der Waals surface area contributed by atoms with Crippen molar-refractivity contribution in [3.63, 3.8) is 0 Å². The molecule has 1 saturated heterocycles. The molecule has 0 unspecified atom stereocenters. The number of imide groups is 1. The van der Waals surface area contributed by atoms with Gasteiger partial charge in [0.15, 0.2) is 0 Å². The normalized spacial score (nSPS) is 18.5. The third-order valence-electron chi connectivity index (χ3n) is 8.94. The van der Waals surface area contributed by atoms with E-state index in [1.165, 1.54) is 4.90 Å². The summed E-state index contributed by atoms with van der Waals surface area (Å²) in [6.07, 6.45) is 4.63. The van der Waals surface area contributed by atoms with Crippen molar-refractivity contribution in [2.24, 2.45) is 5.92 Å². The lowest BCUT2D eigenvalue weighted by molar-refractivity contribution is -0.120. The van der Waals surface area contributed by atoms with E-state index in [1.807, 2.05) is 48.5 Å². The number of aromatic nitrogens is 1. The first-order valence-electron chi connectivity index (χ1n) is 15.2. The molecule has 3 aromatic carbocycles. The number of rotatable bonds is 10. The minimum absolute atomic E-state index is 0.281. The van der Waals surface area contributed by atoms with E-state index >= 15 is 0 Å². The number of urea groups is 1. The fourth-order valence-electron chi connectivity index (χ4n) is 6.59. The van der Waals surface area contributed by atoms with Crippen molar-refractivity contribution < 1.29 is 19.1 Å². The van der Waals surface area contributed by atoms with Crippen LogP contribution in [-0.2, 0) is 11.2 Å². The molecule has 43 heavy (non-hydrogen) atoms. The van der Waals surface area contributed by atoms with E-state index in [4.69, 9.17) is 4.74 Å². The smallest absolute Gasteiger partial charge is 0.332 e. The molecule has 3 heterocycles. The molecular weight excluding hydrogens is 540 g/mol. The number of methoxy groups -OCH3 is 1. The molecule has 1 aromatic heterocycles. The van der Waals surface area contributed by atoms with Crippen molar-refractivity contribution in [3.8, 4) is 5.75 Å². The second-order valence-corrected chi connectivity index (χ2v) is 11.5. The number of anilines is 1. The summed E-state index contributed by atoms with van der Waals surface area (Å²) < 4.78 is 5.52. The van der Waals surface area contributed by atoms with Gasteiger partial charge < -0.3 is 15.0 Å². The number of unbranched alkanes of at least 4 members (excludes halogenated alkanes) is 1. The number of benzene rings is 3. The number of carbonyl (C=O) groups excluding carboxylic acids is 3. The largest absolute Gasteiger partial charge is 0.497 e. The first-order valence-corrected chi connectivity index (χ1v) is 15.2. The van der Waals surface area contributed by atoms with E-state index in [9.17, 15) is 14.4 Å². The van der Waals surface area contributed by atoms with Gasteiger partial charge in [0.25, 0.3) is 11.8 Å². The van der Waals surface area contributed by atoms with E-state index in [-0.39, 0.29) is 11.8 Å². The average molecular weight is 579 g/mol. The van der Waals surface area contributed by atoms with E-state index in [1.54, 1.807) is 36.3 Å². The molecule has 3 atom stereocenters. The molecule has 0 aliphatic carbocycles. The molecule has 1 fully saturated rings. The predicted octanol–water partition coefficient (Wildman–Crippen LogP) is 6.61. The highest BCUT2D eigenvalue weighted by Crippen LogP contribution is 2.45. The number of amides is 4. The molecule has 6 rings (SSSR count). The summed E-state index contributed by atoms with van der Waals surface area (Å²) in [7, 11) is 1.61. The first kappa shape index (κ1) is 28.5.